The number of carbonyl (C=O) groups excluding carboxylic acids is 1. The Hall–Kier alpha value is -2.08. The van der Waals surface area contributed by atoms with Gasteiger partial charge in [0.2, 0.25) is 0 Å². The lowest BCUT2D eigenvalue weighted by molar-refractivity contribution is 0.0170. The molecule has 29 heavy (non-hydrogen) atoms. The van der Waals surface area contributed by atoms with Gasteiger partial charge in [0, 0.05) is 57.4 Å². The number of ether oxygens (including phenoxy) is 1. The first-order valence-corrected chi connectivity index (χ1v) is 10.5. The van der Waals surface area contributed by atoms with Crippen molar-refractivity contribution in [2.24, 2.45) is 5.92 Å². The van der Waals surface area contributed by atoms with Crippen LogP contribution in [0.3, 0.4) is 0 Å². The minimum Gasteiger partial charge on any atom is -0.372 e. The largest absolute Gasteiger partial charge is 0.372 e. The zero-order chi connectivity index (χ0) is 20.6. The van der Waals surface area contributed by atoms with Gasteiger partial charge in [-0.05, 0) is 36.8 Å². The number of ketones is 1. The van der Waals surface area contributed by atoms with Crippen molar-refractivity contribution in [1.82, 2.24) is 9.80 Å². The molecule has 2 aromatic rings. The molecule has 1 aliphatic heterocycles. The number of hydrogen-bond acceptors (Lipinski definition) is 4. The van der Waals surface area contributed by atoms with Crippen LogP contribution < -0.4 is 0 Å². The monoisotopic (exact) mass is 398 g/mol. The summed E-state index contributed by atoms with van der Waals surface area (Å²) in [5, 5.41) is 0. The van der Waals surface area contributed by atoms with E-state index in [2.05, 4.69) is 34.1 Å². The Kier molecular flexibility index (Phi) is 7.92. The van der Waals surface area contributed by atoms with E-state index in [1.165, 1.54) is 17.7 Å². The van der Waals surface area contributed by atoms with Crippen LogP contribution in [-0.2, 0) is 4.74 Å². The van der Waals surface area contributed by atoms with Crippen molar-refractivity contribution < 1.29 is 13.9 Å². The molecule has 0 N–H and O–H groups in total. The van der Waals surface area contributed by atoms with E-state index in [9.17, 15) is 9.18 Å². The molecule has 2 atom stereocenters. The summed E-state index contributed by atoms with van der Waals surface area (Å²) >= 11 is 0. The number of nitrogens with zero attached hydrogens (tertiary/aromatic N) is 2. The van der Waals surface area contributed by atoms with Crippen molar-refractivity contribution in [2.45, 2.75) is 20.0 Å². The van der Waals surface area contributed by atoms with Crippen molar-refractivity contribution >= 4 is 5.78 Å². The van der Waals surface area contributed by atoms with E-state index in [4.69, 9.17) is 4.74 Å². The van der Waals surface area contributed by atoms with Gasteiger partial charge < -0.3 is 9.64 Å². The standard InChI is InChI=1S/C24H31FN2O2/c1-3-29-23(20-7-5-4-6-8-20)18-27-15-13-26(14-16-27)17-19(2)24(28)21-9-11-22(25)12-10-21/h4-12,19,23H,3,13-18H2,1-2H3. The summed E-state index contributed by atoms with van der Waals surface area (Å²) in [5.41, 5.74) is 1.80. The molecule has 0 aromatic heterocycles. The van der Waals surface area contributed by atoms with Crippen LogP contribution in [0.4, 0.5) is 4.39 Å². The Morgan fingerprint density at radius 1 is 0.966 bits per heavy atom. The van der Waals surface area contributed by atoms with Gasteiger partial charge in [-0.1, -0.05) is 37.3 Å². The van der Waals surface area contributed by atoms with Gasteiger partial charge in [-0.3, -0.25) is 9.69 Å². The number of piperazine rings is 1. The summed E-state index contributed by atoms with van der Waals surface area (Å²) in [6.45, 7) is 10.1. The third-order valence-electron chi connectivity index (χ3n) is 5.54. The fourth-order valence-electron chi connectivity index (χ4n) is 3.88. The van der Waals surface area contributed by atoms with Crippen LogP contribution in [-0.4, -0.2) is 61.5 Å². The van der Waals surface area contributed by atoms with Crippen molar-refractivity contribution in [1.29, 1.82) is 0 Å². The second-order valence-corrected chi connectivity index (χ2v) is 7.73. The van der Waals surface area contributed by atoms with Gasteiger partial charge in [-0.15, -0.1) is 0 Å². The molecule has 3 rings (SSSR count). The van der Waals surface area contributed by atoms with Gasteiger partial charge in [0.25, 0.3) is 0 Å². The van der Waals surface area contributed by atoms with Crippen molar-refractivity contribution in [2.75, 3.05) is 45.9 Å². The number of carbonyl (C=O) groups is 1. The molecule has 1 heterocycles. The summed E-state index contributed by atoms with van der Waals surface area (Å²) in [4.78, 5) is 17.4. The lowest BCUT2D eigenvalue weighted by Gasteiger charge is -2.37. The van der Waals surface area contributed by atoms with Crippen LogP contribution in [0.25, 0.3) is 0 Å². The number of halogens is 1. The fraction of sp³-hybridized carbons (Fsp3) is 0.458. The molecule has 4 nitrogen and oxygen atoms in total. The molecule has 0 radical (unpaired) electrons. The minimum atomic E-state index is -0.314. The third-order valence-corrected chi connectivity index (χ3v) is 5.54. The Morgan fingerprint density at radius 2 is 1.55 bits per heavy atom. The van der Waals surface area contributed by atoms with Crippen LogP contribution in [0.1, 0.15) is 35.9 Å². The molecule has 0 amide bonds. The Labute approximate surface area is 173 Å². The Balaban J connectivity index is 1.48. The maximum absolute atomic E-state index is 13.1. The second kappa shape index (κ2) is 10.6. The molecule has 2 unspecified atom stereocenters. The van der Waals surface area contributed by atoms with Crippen molar-refractivity contribution in [3.05, 3.63) is 71.5 Å². The highest BCUT2D eigenvalue weighted by atomic mass is 19.1. The summed E-state index contributed by atoms with van der Waals surface area (Å²) in [7, 11) is 0. The summed E-state index contributed by atoms with van der Waals surface area (Å²) < 4.78 is 19.1. The molecule has 0 aliphatic carbocycles. The molecular formula is C24H31FN2O2. The van der Waals surface area contributed by atoms with Crippen molar-refractivity contribution in [3.8, 4) is 0 Å². The Morgan fingerprint density at radius 3 is 2.14 bits per heavy atom. The first kappa shape index (κ1) is 21.6. The topological polar surface area (TPSA) is 32.8 Å². The van der Waals surface area contributed by atoms with Gasteiger partial charge >= 0.3 is 0 Å². The zero-order valence-electron chi connectivity index (χ0n) is 17.4. The van der Waals surface area contributed by atoms with E-state index in [0.29, 0.717) is 12.2 Å². The maximum Gasteiger partial charge on any atom is 0.166 e. The van der Waals surface area contributed by atoms with Crippen LogP contribution in [0, 0.1) is 11.7 Å². The normalized spacial score (nSPS) is 17.8. The van der Waals surface area contributed by atoms with E-state index < -0.39 is 0 Å². The summed E-state index contributed by atoms with van der Waals surface area (Å²) in [6, 6.07) is 16.2. The van der Waals surface area contributed by atoms with Gasteiger partial charge in [0.1, 0.15) is 5.82 Å². The molecule has 1 fully saturated rings. The maximum atomic E-state index is 13.1. The molecule has 2 aromatic carbocycles. The number of rotatable bonds is 9. The lowest BCUT2D eigenvalue weighted by atomic mass is 9.98. The zero-order valence-corrected chi connectivity index (χ0v) is 17.4. The number of hydrogen-bond donors (Lipinski definition) is 0. The van der Waals surface area contributed by atoms with E-state index >= 15 is 0 Å². The lowest BCUT2D eigenvalue weighted by Crippen LogP contribution is -2.49. The van der Waals surface area contributed by atoms with Gasteiger partial charge in [-0.25, -0.2) is 4.39 Å². The van der Waals surface area contributed by atoms with Crippen LogP contribution in [0.15, 0.2) is 54.6 Å². The highest BCUT2D eigenvalue weighted by molar-refractivity contribution is 5.97. The third kappa shape index (κ3) is 6.20. The van der Waals surface area contributed by atoms with E-state index in [1.54, 1.807) is 12.1 Å². The van der Waals surface area contributed by atoms with Gasteiger partial charge in [0.05, 0.1) is 6.10 Å². The van der Waals surface area contributed by atoms with Gasteiger partial charge in [-0.2, -0.15) is 0 Å². The molecule has 1 saturated heterocycles. The molecule has 0 bridgehead atoms. The van der Waals surface area contributed by atoms with Crippen LogP contribution in [0.5, 0.6) is 0 Å². The number of benzene rings is 2. The van der Waals surface area contributed by atoms with E-state index in [1.807, 2.05) is 19.9 Å². The second-order valence-electron chi connectivity index (χ2n) is 7.73. The minimum absolute atomic E-state index is 0.0768. The smallest absolute Gasteiger partial charge is 0.166 e. The highest BCUT2D eigenvalue weighted by Gasteiger charge is 2.24. The number of Topliss-reactive ketones (excluding diaryl/α,β-unsaturated/α-hetero) is 1. The SMILES string of the molecule is CCOC(CN1CCN(CC(C)C(=O)c2ccc(F)cc2)CC1)c1ccccc1. The summed E-state index contributed by atoms with van der Waals surface area (Å²) in [6.07, 6.45) is 0.0896. The molecule has 1 aliphatic rings. The predicted molar refractivity (Wildman–Crippen MR) is 114 cm³/mol. The average Bonchev–Trinajstić information content (AvgIpc) is 2.75. The first-order valence-electron chi connectivity index (χ1n) is 10.5. The first-order chi connectivity index (χ1) is 14.1. The van der Waals surface area contributed by atoms with E-state index in [-0.39, 0.29) is 23.6 Å². The quantitative estimate of drug-likeness (QED) is 0.597. The Bertz CT molecular complexity index is 758. The molecular weight excluding hydrogens is 367 g/mol. The molecule has 0 spiro atoms. The van der Waals surface area contributed by atoms with Crippen LogP contribution >= 0.6 is 0 Å². The van der Waals surface area contributed by atoms with Crippen LogP contribution in [0.2, 0.25) is 0 Å². The molecule has 156 valence electrons. The average molecular weight is 399 g/mol. The van der Waals surface area contributed by atoms with E-state index in [0.717, 1.165) is 39.3 Å². The molecule has 5 heteroatoms. The molecule has 0 saturated carbocycles. The highest BCUT2D eigenvalue weighted by Crippen LogP contribution is 2.20. The van der Waals surface area contributed by atoms with Gasteiger partial charge in [0.15, 0.2) is 5.78 Å². The predicted octanol–water partition coefficient (Wildman–Crippen LogP) is 4.04. The fourth-order valence-corrected chi connectivity index (χ4v) is 3.88. The summed E-state index contributed by atoms with van der Waals surface area (Å²) in [5.74, 6) is -0.341. The van der Waals surface area contributed by atoms with Crippen molar-refractivity contribution in [3.63, 3.8) is 0 Å².